The van der Waals surface area contributed by atoms with Crippen molar-refractivity contribution in [3.05, 3.63) is 28.2 Å². The van der Waals surface area contributed by atoms with E-state index < -0.39 is 23.7 Å². The van der Waals surface area contributed by atoms with Crippen molar-refractivity contribution in [3.8, 4) is 5.75 Å². The van der Waals surface area contributed by atoms with E-state index in [1.54, 1.807) is 0 Å². The first-order valence-corrected chi connectivity index (χ1v) is 5.82. The minimum absolute atomic E-state index is 0.0506. The van der Waals surface area contributed by atoms with E-state index >= 15 is 0 Å². The number of halogens is 5. The highest BCUT2D eigenvalue weighted by Crippen LogP contribution is 2.31. The van der Waals surface area contributed by atoms with Crippen molar-refractivity contribution in [2.24, 2.45) is 11.7 Å². The molecule has 0 heterocycles. The molecule has 1 rings (SSSR count). The number of hydrogen-bond acceptors (Lipinski definition) is 2. The third-order valence-electron chi connectivity index (χ3n) is 2.04. The molecule has 2 nitrogen and oxygen atoms in total. The van der Waals surface area contributed by atoms with E-state index in [2.05, 4.69) is 12.2 Å². The van der Waals surface area contributed by atoms with E-state index in [1.807, 2.05) is 0 Å². The molecule has 0 bridgehead atoms. The van der Waals surface area contributed by atoms with Gasteiger partial charge < -0.3 is 10.5 Å². The molecular formula is C10H8Cl2F3NOS. The van der Waals surface area contributed by atoms with E-state index in [4.69, 9.17) is 33.7 Å². The van der Waals surface area contributed by atoms with Crippen molar-refractivity contribution >= 4 is 40.4 Å². The monoisotopic (exact) mass is 317 g/mol. The standard InChI is InChI=1S/C10H8Cl2F3NOS/c11-5-1-2-7(12)8(3-5)17-4-6(9(16)18)10(13,14)15/h1-3,6H,4H2,(H2,16,18). The number of thiocarbonyl (C=S) groups is 1. The number of nitrogens with two attached hydrogens (primary N) is 1. The van der Waals surface area contributed by atoms with Gasteiger partial charge in [0.25, 0.3) is 0 Å². The van der Waals surface area contributed by atoms with Crippen LogP contribution in [0.2, 0.25) is 10.0 Å². The Hall–Kier alpha value is -0.720. The van der Waals surface area contributed by atoms with E-state index in [1.165, 1.54) is 18.2 Å². The van der Waals surface area contributed by atoms with Crippen LogP contribution in [0.5, 0.6) is 5.75 Å². The second-order valence-electron chi connectivity index (χ2n) is 3.38. The van der Waals surface area contributed by atoms with Crippen LogP contribution in [-0.2, 0) is 0 Å². The number of benzene rings is 1. The van der Waals surface area contributed by atoms with Crippen molar-refractivity contribution in [1.82, 2.24) is 0 Å². The molecule has 100 valence electrons. The van der Waals surface area contributed by atoms with Gasteiger partial charge in [0.1, 0.15) is 18.3 Å². The Bertz CT molecular complexity index is 453. The molecule has 0 aliphatic heterocycles. The minimum atomic E-state index is -4.56. The Kier molecular flexibility index (Phi) is 5.07. The lowest BCUT2D eigenvalue weighted by Crippen LogP contribution is -2.38. The first kappa shape index (κ1) is 15.3. The summed E-state index contributed by atoms with van der Waals surface area (Å²) in [5.74, 6) is -1.97. The second-order valence-corrected chi connectivity index (χ2v) is 4.70. The predicted molar refractivity (Wildman–Crippen MR) is 68.3 cm³/mol. The highest BCUT2D eigenvalue weighted by molar-refractivity contribution is 7.80. The van der Waals surface area contributed by atoms with Crippen molar-refractivity contribution in [2.45, 2.75) is 6.18 Å². The number of rotatable bonds is 4. The summed E-state index contributed by atoms with van der Waals surface area (Å²) < 4.78 is 42.6. The van der Waals surface area contributed by atoms with Crippen LogP contribution < -0.4 is 10.5 Å². The van der Waals surface area contributed by atoms with Gasteiger partial charge in [0.05, 0.1) is 10.0 Å². The molecule has 0 aliphatic carbocycles. The molecule has 2 N–H and O–H groups in total. The van der Waals surface area contributed by atoms with Gasteiger partial charge in [-0.2, -0.15) is 13.2 Å². The molecule has 1 aromatic carbocycles. The summed E-state index contributed by atoms with van der Waals surface area (Å²) in [5, 5.41) is 0.455. The van der Waals surface area contributed by atoms with Crippen LogP contribution >= 0.6 is 35.4 Å². The highest BCUT2D eigenvalue weighted by atomic mass is 35.5. The fraction of sp³-hybridized carbons (Fsp3) is 0.300. The highest BCUT2D eigenvalue weighted by Gasteiger charge is 2.42. The van der Waals surface area contributed by atoms with Gasteiger partial charge in [0.2, 0.25) is 0 Å². The summed E-state index contributed by atoms with van der Waals surface area (Å²) >= 11 is 15.8. The predicted octanol–water partition coefficient (Wildman–Crippen LogP) is 3.84. The largest absolute Gasteiger partial charge is 0.491 e. The van der Waals surface area contributed by atoms with Crippen molar-refractivity contribution in [1.29, 1.82) is 0 Å². The topological polar surface area (TPSA) is 35.2 Å². The normalized spacial score (nSPS) is 13.2. The molecule has 0 radical (unpaired) electrons. The van der Waals surface area contributed by atoms with E-state index in [-0.39, 0.29) is 10.8 Å². The molecule has 0 saturated heterocycles. The molecule has 0 aromatic heterocycles. The minimum Gasteiger partial charge on any atom is -0.491 e. The van der Waals surface area contributed by atoms with Crippen LogP contribution in [0, 0.1) is 5.92 Å². The summed E-state index contributed by atoms with van der Waals surface area (Å²) in [4.78, 5) is -0.680. The Balaban J connectivity index is 2.79. The fourth-order valence-electron chi connectivity index (χ4n) is 1.10. The molecule has 1 atom stereocenters. The Morgan fingerprint density at radius 2 is 2.00 bits per heavy atom. The van der Waals surface area contributed by atoms with Gasteiger partial charge in [-0.1, -0.05) is 35.4 Å². The maximum Gasteiger partial charge on any atom is 0.401 e. The molecule has 0 aliphatic rings. The van der Waals surface area contributed by atoms with E-state index in [9.17, 15) is 13.2 Å². The molecule has 8 heteroatoms. The maximum absolute atomic E-state index is 12.5. The smallest absolute Gasteiger partial charge is 0.401 e. The summed E-state index contributed by atoms with van der Waals surface area (Å²) in [7, 11) is 0. The summed E-state index contributed by atoms with van der Waals surface area (Å²) in [6, 6.07) is 4.23. The fourth-order valence-corrected chi connectivity index (χ4v) is 1.63. The van der Waals surface area contributed by atoms with Gasteiger partial charge in [-0.3, -0.25) is 0 Å². The average Bonchev–Trinajstić information content (AvgIpc) is 2.20. The molecule has 18 heavy (non-hydrogen) atoms. The zero-order chi connectivity index (χ0) is 13.9. The lowest BCUT2D eigenvalue weighted by atomic mass is 10.1. The SMILES string of the molecule is NC(=S)C(COc1cc(Cl)ccc1Cl)C(F)(F)F. The Morgan fingerprint density at radius 3 is 2.50 bits per heavy atom. The van der Waals surface area contributed by atoms with Gasteiger partial charge in [0, 0.05) is 11.1 Å². The van der Waals surface area contributed by atoms with Crippen LogP contribution in [0.4, 0.5) is 13.2 Å². The van der Waals surface area contributed by atoms with Gasteiger partial charge in [-0.05, 0) is 12.1 Å². The molecular weight excluding hydrogens is 310 g/mol. The van der Waals surface area contributed by atoms with Gasteiger partial charge in [0.15, 0.2) is 0 Å². The van der Waals surface area contributed by atoms with Crippen molar-refractivity contribution in [3.63, 3.8) is 0 Å². The Labute approximate surface area is 117 Å². The lowest BCUT2D eigenvalue weighted by molar-refractivity contribution is -0.161. The summed E-state index contributed by atoms with van der Waals surface area (Å²) in [6.07, 6.45) is -4.56. The number of hydrogen-bond donors (Lipinski definition) is 1. The zero-order valence-electron chi connectivity index (χ0n) is 8.80. The van der Waals surface area contributed by atoms with Crippen LogP contribution in [-0.4, -0.2) is 17.8 Å². The molecule has 0 amide bonds. The van der Waals surface area contributed by atoms with Crippen molar-refractivity contribution in [2.75, 3.05) is 6.61 Å². The Morgan fingerprint density at radius 1 is 1.39 bits per heavy atom. The molecule has 1 aromatic rings. The maximum atomic E-state index is 12.5. The first-order chi connectivity index (χ1) is 8.21. The van der Waals surface area contributed by atoms with Gasteiger partial charge in [-0.15, -0.1) is 0 Å². The van der Waals surface area contributed by atoms with Crippen LogP contribution in [0.25, 0.3) is 0 Å². The van der Waals surface area contributed by atoms with Crippen LogP contribution in [0.15, 0.2) is 18.2 Å². The van der Waals surface area contributed by atoms with Gasteiger partial charge >= 0.3 is 6.18 Å². The second kappa shape index (κ2) is 5.95. The molecule has 1 unspecified atom stereocenters. The van der Waals surface area contributed by atoms with Crippen LogP contribution in [0.3, 0.4) is 0 Å². The first-order valence-electron chi connectivity index (χ1n) is 4.65. The molecule has 0 saturated carbocycles. The molecule has 0 fully saturated rings. The number of alkyl halides is 3. The van der Waals surface area contributed by atoms with E-state index in [0.29, 0.717) is 5.02 Å². The summed E-state index contributed by atoms with van der Waals surface area (Å²) in [6.45, 7) is -0.737. The third kappa shape index (κ3) is 4.19. The molecule has 0 spiro atoms. The van der Waals surface area contributed by atoms with Gasteiger partial charge in [-0.25, -0.2) is 0 Å². The lowest BCUT2D eigenvalue weighted by Gasteiger charge is -2.19. The van der Waals surface area contributed by atoms with E-state index in [0.717, 1.165) is 0 Å². The quantitative estimate of drug-likeness (QED) is 0.857. The number of ether oxygens (including phenoxy) is 1. The van der Waals surface area contributed by atoms with Crippen LogP contribution in [0.1, 0.15) is 0 Å². The summed E-state index contributed by atoms with van der Waals surface area (Å²) in [5.41, 5.74) is 5.03. The average molecular weight is 318 g/mol. The van der Waals surface area contributed by atoms with Crippen molar-refractivity contribution < 1.29 is 17.9 Å². The third-order valence-corrected chi connectivity index (χ3v) is 2.87. The zero-order valence-corrected chi connectivity index (χ0v) is 11.1.